The number of aromatic nitrogens is 1. The molecule has 1 N–H and O–H groups in total. The topological polar surface area (TPSA) is 42.0 Å². The zero-order chi connectivity index (χ0) is 20.9. The first-order chi connectivity index (χ1) is 14.6. The minimum atomic E-state index is -0.0304. The molecule has 1 heterocycles. The van der Waals surface area contributed by atoms with Crippen molar-refractivity contribution in [2.24, 2.45) is 0 Å². The molecule has 1 aromatic heterocycles. The summed E-state index contributed by atoms with van der Waals surface area (Å²) in [5.74, 6) is -0.0304. The molecular formula is C24H18Cl2N2OS. The van der Waals surface area contributed by atoms with Gasteiger partial charge in [0.15, 0.2) is 0 Å². The number of thiazole rings is 1. The van der Waals surface area contributed by atoms with E-state index in [0.717, 1.165) is 33.1 Å². The summed E-state index contributed by atoms with van der Waals surface area (Å²) in [6.45, 7) is 0. The predicted molar refractivity (Wildman–Crippen MR) is 126 cm³/mol. The maximum Gasteiger partial charge on any atom is 0.224 e. The highest BCUT2D eigenvalue weighted by Gasteiger charge is 2.10. The second-order valence-corrected chi connectivity index (χ2v) is 8.47. The first-order valence-electron chi connectivity index (χ1n) is 9.43. The second-order valence-electron chi connectivity index (χ2n) is 6.77. The van der Waals surface area contributed by atoms with Gasteiger partial charge in [-0.15, -0.1) is 11.3 Å². The lowest BCUT2D eigenvalue weighted by Crippen LogP contribution is -2.12. The van der Waals surface area contributed by atoms with Crippen molar-refractivity contribution < 1.29 is 4.79 Å². The standard InChI is InChI=1S/C24H18Cl2N2OS/c25-18-11-8-16(9-12-18)10-13-23(29)27-19-5-3-4-17(14-19)22-15-30-24(28-22)20-6-1-2-7-21(20)26/h1-9,11-12,14-15H,10,13H2,(H,27,29). The van der Waals surface area contributed by atoms with Crippen LogP contribution in [0.2, 0.25) is 10.0 Å². The number of anilines is 1. The molecule has 0 fully saturated rings. The van der Waals surface area contributed by atoms with Gasteiger partial charge in [0.1, 0.15) is 5.01 Å². The Morgan fingerprint density at radius 1 is 0.967 bits per heavy atom. The summed E-state index contributed by atoms with van der Waals surface area (Å²) in [5.41, 5.74) is 4.55. The summed E-state index contributed by atoms with van der Waals surface area (Å²) >= 11 is 13.7. The Bertz CT molecular complexity index is 1170. The maximum atomic E-state index is 12.4. The molecule has 6 heteroatoms. The van der Waals surface area contributed by atoms with Gasteiger partial charge in [-0.2, -0.15) is 0 Å². The molecule has 1 amide bonds. The van der Waals surface area contributed by atoms with Crippen LogP contribution in [0, 0.1) is 0 Å². The fourth-order valence-corrected chi connectivity index (χ4v) is 4.33. The van der Waals surface area contributed by atoms with E-state index in [2.05, 4.69) is 5.32 Å². The number of hydrogen-bond acceptors (Lipinski definition) is 3. The minimum Gasteiger partial charge on any atom is -0.326 e. The molecule has 3 aromatic carbocycles. The van der Waals surface area contributed by atoms with Gasteiger partial charge in [-0.1, -0.05) is 65.7 Å². The Kier molecular flexibility index (Phi) is 6.48. The number of benzene rings is 3. The SMILES string of the molecule is O=C(CCc1ccc(Cl)cc1)Nc1cccc(-c2csc(-c3ccccc3Cl)n2)c1. The summed E-state index contributed by atoms with van der Waals surface area (Å²) in [4.78, 5) is 17.1. The van der Waals surface area contributed by atoms with Crippen LogP contribution in [0.15, 0.2) is 78.2 Å². The van der Waals surface area contributed by atoms with E-state index in [4.69, 9.17) is 28.2 Å². The van der Waals surface area contributed by atoms with Crippen LogP contribution in [0.3, 0.4) is 0 Å². The van der Waals surface area contributed by atoms with Gasteiger partial charge in [0.25, 0.3) is 0 Å². The number of amides is 1. The van der Waals surface area contributed by atoms with E-state index in [0.29, 0.717) is 22.9 Å². The number of nitrogens with one attached hydrogen (secondary N) is 1. The first kappa shape index (κ1) is 20.6. The molecule has 0 aliphatic heterocycles. The third-order valence-electron chi connectivity index (χ3n) is 4.60. The molecule has 30 heavy (non-hydrogen) atoms. The average Bonchev–Trinajstić information content (AvgIpc) is 3.24. The van der Waals surface area contributed by atoms with Crippen LogP contribution < -0.4 is 5.32 Å². The number of carbonyl (C=O) groups is 1. The van der Waals surface area contributed by atoms with Gasteiger partial charge >= 0.3 is 0 Å². The van der Waals surface area contributed by atoms with E-state index < -0.39 is 0 Å². The van der Waals surface area contributed by atoms with E-state index in [1.165, 1.54) is 0 Å². The van der Waals surface area contributed by atoms with Crippen LogP contribution in [0.25, 0.3) is 21.8 Å². The normalized spacial score (nSPS) is 10.7. The van der Waals surface area contributed by atoms with Crippen LogP contribution in [-0.4, -0.2) is 10.9 Å². The fraction of sp³-hybridized carbons (Fsp3) is 0.0833. The number of hydrogen-bond donors (Lipinski definition) is 1. The molecule has 150 valence electrons. The van der Waals surface area contributed by atoms with Crippen molar-refractivity contribution in [1.29, 1.82) is 0 Å². The van der Waals surface area contributed by atoms with E-state index in [-0.39, 0.29) is 5.91 Å². The van der Waals surface area contributed by atoms with Crippen LogP contribution in [0.4, 0.5) is 5.69 Å². The Hall–Kier alpha value is -2.66. The number of aryl methyl sites for hydroxylation is 1. The highest BCUT2D eigenvalue weighted by atomic mass is 35.5. The predicted octanol–water partition coefficient (Wildman–Crippen LogP) is 7.36. The summed E-state index contributed by atoms with van der Waals surface area (Å²) in [5, 5.41) is 7.21. The maximum absolute atomic E-state index is 12.4. The lowest BCUT2D eigenvalue weighted by atomic mass is 10.1. The number of rotatable bonds is 6. The molecule has 0 spiro atoms. The molecule has 0 aliphatic rings. The van der Waals surface area contributed by atoms with Gasteiger partial charge in [0.05, 0.1) is 10.7 Å². The van der Waals surface area contributed by atoms with Gasteiger partial charge in [-0.3, -0.25) is 4.79 Å². The molecule has 0 bridgehead atoms. The van der Waals surface area contributed by atoms with Gasteiger partial charge in [0.2, 0.25) is 5.91 Å². The number of carbonyl (C=O) groups excluding carboxylic acids is 1. The lowest BCUT2D eigenvalue weighted by Gasteiger charge is -2.07. The molecular weight excluding hydrogens is 435 g/mol. The molecule has 0 saturated carbocycles. The van der Waals surface area contributed by atoms with Crippen LogP contribution in [0.1, 0.15) is 12.0 Å². The Labute approximate surface area is 189 Å². The zero-order valence-electron chi connectivity index (χ0n) is 15.9. The molecule has 0 aliphatic carbocycles. The summed E-state index contributed by atoms with van der Waals surface area (Å²) in [6, 6.07) is 22.9. The molecule has 0 unspecified atom stereocenters. The van der Waals surface area contributed by atoms with Crippen molar-refractivity contribution in [3.63, 3.8) is 0 Å². The monoisotopic (exact) mass is 452 g/mol. The largest absolute Gasteiger partial charge is 0.326 e. The molecule has 0 atom stereocenters. The first-order valence-corrected chi connectivity index (χ1v) is 11.1. The van der Waals surface area contributed by atoms with Crippen molar-refractivity contribution in [2.75, 3.05) is 5.32 Å². The van der Waals surface area contributed by atoms with Gasteiger partial charge in [-0.05, 0) is 42.3 Å². The Balaban J connectivity index is 1.43. The van der Waals surface area contributed by atoms with E-state index in [9.17, 15) is 4.79 Å². The molecule has 4 aromatic rings. The lowest BCUT2D eigenvalue weighted by molar-refractivity contribution is -0.116. The van der Waals surface area contributed by atoms with Crippen molar-refractivity contribution >= 4 is 46.1 Å². The number of halogens is 2. The van der Waals surface area contributed by atoms with E-state index in [1.54, 1.807) is 11.3 Å². The van der Waals surface area contributed by atoms with Crippen molar-refractivity contribution in [1.82, 2.24) is 4.98 Å². The molecule has 0 radical (unpaired) electrons. The minimum absolute atomic E-state index is 0.0304. The molecule has 3 nitrogen and oxygen atoms in total. The molecule has 0 saturated heterocycles. The van der Waals surface area contributed by atoms with Crippen LogP contribution in [0.5, 0.6) is 0 Å². The quantitative estimate of drug-likeness (QED) is 0.332. The fourth-order valence-electron chi connectivity index (χ4n) is 3.05. The average molecular weight is 453 g/mol. The third-order valence-corrected chi connectivity index (χ3v) is 6.06. The second kappa shape index (κ2) is 9.43. The van der Waals surface area contributed by atoms with Crippen molar-refractivity contribution in [3.05, 3.63) is 93.8 Å². The van der Waals surface area contributed by atoms with Gasteiger partial charge in [0, 0.05) is 33.6 Å². The number of nitrogens with zero attached hydrogens (tertiary/aromatic N) is 1. The van der Waals surface area contributed by atoms with E-state index in [1.807, 2.05) is 78.2 Å². The van der Waals surface area contributed by atoms with Crippen LogP contribution in [-0.2, 0) is 11.2 Å². The highest BCUT2D eigenvalue weighted by molar-refractivity contribution is 7.13. The van der Waals surface area contributed by atoms with E-state index >= 15 is 0 Å². The summed E-state index contributed by atoms with van der Waals surface area (Å²) in [7, 11) is 0. The smallest absolute Gasteiger partial charge is 0.224 e. The highest BCUT2D eigenvalue weighted by Crippen LogP contribution is 2.33. The Morgan fingerprint density at radius 3 is 2.57 bits per heavy atom. The van der Waals surface area contributed by atoms with Crippen molar-refractivity contribution in [2.45, 2.75) is 12.8 Å². The third kappa shape index (κ3) is 5.08. The van der Waals surface area contributed by atoms with Gasteiger partial charge < -0.3 is 5.32 Å². The Morgan fingerprint density at radius 2 is 1.77 bits per heavy atom. The van der Waals surface area contributed by atoms with Gasteiger partial charge in [-0.25, -0.2) is 4.98 Å². The zero-order valence-corrected chi connectivity index (χ0v) is 18.3. The van der Waals surface area contributed by atoms with Crippen molar-refractivity contribution in [3.8, 4) is 21.8 Å². The summed E-state index contributed by atoms with van der Waals surface area (Å²) < 4.78 is 0. The molecule has 4 rings (SSSR count). The summed E-state index contributed by atoms with van der Waals surface area (Å²) in [6.07, 6.45) is 1.06. The van der Waals surface area contributed by atoms with Crippen LogP contribution >= 0.6 is 34.5 Å².